The highest BCUT2D eigenvalue weighted by molar-refractivity contribution is 5.83. The molecule has 3 N–H and O–H groups in total. The zero-order chi connectivity index (χ0) is 15.1. The van der Waals surface area contributed by atoms with E-state index in [0.717, 1.165) is 16.6 Å². The SMILES string of the molecule is Cc1cccc2cc(C3CC(O)C(C(=O)O)CN3C)[nH]c12. The summed E-state index contributed by atoms with van der Waals surface area (Å²) in [5, 5.41) is 20.4. The Hall–Kier alpha value is -1.85. The average Bonchev–Trinajstić information content (AvgIpc) is 2.86. The largest absolute Gasteiger partial charge is 0.481 e. The van der Waals surface area contributed by atoms with E-state index in [-0.39, 0.29) is 6.04 Å². The number of H-pyrrole nitrogens is 1. The van der Waals surface area contributed by atoms with E-state index in [1.807, 2.05) is 18.0 Å². The number of hydrogen-bond donors (Lipinski definition) is 3. The van der Waals surface area contributed by atoms with Gasteiger partial charge in [0.05, 0.1) is 18.1 Å². The number of nitrogens with one attached hydrogen (secondary N) is 1. The van der Waals surface area contributed by atoms with Gasteiger partial charge >= 0.3 is 5.97 Å². The van der Waals surface area contributed by atoms with Gasteiger partial charge in [0.2, 0.25) is 0 Å². The molecule has 3 rings (SSSR count). The van der Waals surface area contributed by atoms with Gasteiger partial charge in [0, 0.05) is 17.8 Å². The number of aromatic amines is 1. The van der Waals surface area contributed by atoms with E-state index in [0.29, 0.717) is 13.0 Å². The Labute approximate surface area is 123 Å². The number of benzene rings is 1. The van der Waals surface area contributed by atoms with E-state index < -0.39 is 18.0 Å². The molecule has 0 aliphatic carbocycles. The van der Waals surface area contributed by atoms with Crippen LogP contribution in [0.4, 0.5) is 0 Å². The first-order chi connectivity index (χ1) is 9.97. The molecule has 2 aromatic rings. The second kappa shape index (κ2) is 5.16. The third-order valence-electron chi connectivity index (χ3n) is 4.51. The number of carboxylic acid groups (broad SMARTS) is 1. The van der Waals surface area contributed by atoms with Gasteiger partial charge in [-0.3, -0.25) is 9.69 Å². The van der Waals surface area contributed by atoms with Crippen molar-refractivity contribution in [3.05, 3.63) is 35.5 Å². The van der Waals surface area contributed by atoms with Crippen molar-refractivity contribution in [3.63, 3.8) is 0 Å². The monoisotopic (exact) mass is 288 g/mol. The number of piperidine rings is 1. The molecule has 112 valence electrons. The van der Waals surface area contributed by atoms with Crippen LogP contribution >= 0.6 is 0 Å². The summed E-state index contributed by atoms with van der Waals surface area (Å²) < 4.78 is 0. The van der Waals surface area contributed by atoms with Gasteiger partial charge in [-0.1, -0.05) is 18.2 Å². The highest BCUT2D eigenvalue weighted by Gasteiger charge is 2.38. The van der Waals surface area contributed by atoms with Crippen LogP contribution in [0.15, 0.2) is 24.3 Å². The number of hydrogen-bond acceptors (Lipinski definition) is 3. The van der Waals surface area contributed by atoms with Crippen LogP contribution in [0.25, 0.3) is 10.9 Å². The minimum Gasteiger partial charge on any atom is -0.481 e. The van der Waals surface area contributed by atoms with Crippen molar-refractivity contribution in [2.45, 2.75) is 25.5 Å². The third kappa shape index (κ3) is 2.43. The number of likely N-dealkylation sites (tertiary alicyclic amines) is 1. The highest BCUT2D eigenvalue weighted by Crippen LogP contribution is 2.34. The lowest BCUT2D eigenvalue weighted by molar-refractivity contribution is -0.150. The molecule has 1 fully saturated rings. The smallest absolute Gasteiger partial charge is 0.310 e. The second-order valence-corrected chi connectivity index (χ2v) is 5.97. The first-order valence-electron chi connectivity index (χ1n) is 7.16. The Balaban J connectivity index is 1.92. The maximum absolute atomic E-state index is 11.1. The number of carbonyl (C=O) groups is 1. The predicted octanol–water partition coefficient (Wildman–Crippen LogP) is 1.91. The molecule has 0 saturated carbocycles. The molecule has 2 heterocycles. The van der Waals surface area contributed by atoms with E-state index in [1.165, 1.54) is 5.56 Å². The van der Waals surface area contributed by atoms with Crippen molar-refractivity contribution >= 4 is 16.9 Å². The molecular formula is C16H20N2O3. The summed E-state index contributed by atoms with van der Waals surface area (Å²) in [5.41, 5.74) is 3.32. The number of rotatable bonds is 2. The standard InChI is InChI=1S/C16H20N2O3/c1-9-4-3-5-10-6-12(17-15(9)10)13-7-14(19)11(16(20)21)8-18(13)2/h3-6,11,13-14,17,19H,7-8H2,1-2H3,(H,20,21). The van der Waals surface area contributed by atoms with E-state index >= 15 is 0 Å². The van der Waals surface area contributed by atoms with Crippen LogP contribution in [0, 0.1) is 12.8 Å². The number of para-hydroxylation sites is 1. The quantitative estimate of drug-likeness (QED) is 0.789. The Kier molecular flexibility index (Phi) is 3.47. The van der Waals surface area contributed by atoms with Crippen molar-refractivity contribution in [2.75, 3.05) is 13.6 Å². The summed E-state index contributed by atoms with van der Waals surface area (Å²) in [5.74, 6) is -1.64. The van der Waals surface area contributed by atoms with Crippen LogP contribution in [0.5, 0.6) is 0 Å². The summed E-state index contributed by atoms with van der Waals surface area (Å²) in [7, 11) is 1.91. The molecule has 1 aliphatic rings. The van der Waals surface area contributed by atoms with Crippen molar-refractivity contribution in [3.8, 4) is 0 Å². The zero-order valence-corrected chi connectivity index (χ0v) is 12.2. The minimum absolute atomic E-state index is 0.0161. The van der Waals surface area contributed by atoms with Gasteiger partial charge in [0.15, 0.2) is 0 Å². The van der Waals surface area contributed by atoms with Crippen molar-refractivity contribution in [1.29, 1.82) is 0 Å². The van der Waals surface area contributed by atoms with Crippen LogP contribution in [0.2, 0.25) is 0 Å². The number of aryl methyl sites for hydroxylation is 1. The average molecular weight is 288 g/mol. The van der Waals surface area contributed by atoms with Crippen LogP contribution in [-0.2, 0) is 4.79 Å². The minimum atomic E-state index is -0.930. The van der Waals surface area contributed by atoms with Gasteiger partial charge in [-0.05, 0) is 37.4 Å². The van der Waals surface area contributed by atoms with Crippen molar-refractivity contribution in [1.82, 2.24) is 9.88 Å². The predicted molar refractivity (Wildman–Crippen MR) is 80.2 cm³/mol. The number of aliphatic hydroxyl groups excluding tert-OH is 1. The number of carboxylic acids is 1. The number of aromatic nitrogens is 1. The van der Waals surface area contributed by atoms with Gasteiger partial charge in [-0.2, -0.15) is 0 Å². The van der Waals surface area contributed by atoms with Crippen LogP contribution in [0.1, 0.15) is 23.7 Å². The zero-order valence-electron chi connectivity index (χ0n) is 12.2. The molecule has 21 heavy (non-hydrogen) atoms. The Morgan fingerprint density at radius 1 is 1.43 bits per heavy atom. The summed E-state index contributed by atoms with van der Waals surface area (Å²) in [6.45, 7) is 2.41. The fraction of sp³-hybridized carbons (Fsp3) is 0.438. The molecule has 0 bridgehead atoms. The van der Waals surface area contributed by atoms with E-state index in [1.54, 1.807) is 0 Å². The third-order valence-corrected chi connectivity index (χ3v) is 4.51. The molecule has 5 heteroatoms. The van der Waals surface area contributed by atoms with Gasteiger partial charge in [0.25, 0.3) is 0 Å². The Bertz CT molecular complexity index is 679. The molecular weight excluding hydrogens is 268 g/mol. The second-order valence-electron chi connectivity index (χ2n) is 5.97. The first-order valence-corrected chi connectivity index (χ1v) is 7.16. The van der Waals surface area contributed by atoms with Gasteiger partial charge in [0.1, 0.15) is 0 Å². The lowest BCUT2D eigenvalue weighted by Crippen LogP contribution is -2.46. The van der Waals surface area contributed by atoms with E-state index in [9.17, 15) is 9.90 Å². The number of aliphatic hydroxyl groups is 1. The topological polar surface area (TPSA) is 76.6 Å². The van der Waals surface area contributed by atoms with Gasteiger partial charge < -0.3 is 15.2 Å². The Morgan fingerprint density at radius 3 is 2.86 bits per heavy atom. The molecule has 0 spiro atoms. The molecule has 5 nitrogen and oxygen atoms in total. The molecule has 1 aliphatic heterocycles. The molecule has 1 saturated heterocycles. The summed E-state index contributed by atoms with van der Waals surface area (Å²) in [6.07, 6.45) is -0.379. The number of nitrogens with zero attached hydrogens (tertiary/aromatic N) is 1. The lowest BCUT2D eigenvalue weighted by Gasteiger charge is -2.38. The molecule has 0 radical (unpaired) electrons. The lowest BCUT2D eigenvalue weighted by atomic mass is 9.89. The van der Waals surface area contributed by atoms with Gasteiger partial charge in [-0.25, -0.2) is 0 Å². The maximum Gasteiger partial charge on any atom is 0.310 e. The molecule has 1 aromatic carbocycles. The molecule has 1 aromatic heterocycles. The fourth-order valence-electron chi connectivity index (χ4n) is 3.25. The number of aliphatic carboxylic acids is 1. The van der Waals surface area contributed by atoms with Gasteiger partial charge in [-0.15, -0.1) is 0 Å². The summed E-state index contributed by atoms with van der Waals surface area (Å²) in [6, 6.07) is 8.25. The van der Waals surface area contributed by atoms with Crippen molar-refractivity contribution in [2.24, 2.45) is 5.92 Å². The van der Waals surface area contributed by atoms with Crippen LogP contribution < -0.4 is 0 Å². The Morgan fingerprint density at radius 2 is 2.19 bits per heavy atom. The van der Waals surface area contributed by atoms with Crippen LogP contribution in [0.3, 0.4) is 0 Å². The molecule has 0 amide bonds. The van der Waals surface area contributed by atoms with Crippen molar-refractivity contribution < 1.29 is 15.0 Å². The molecule has 3 atom stereocenters. The summed E-state index contributed by atoms with van der Waals surface area (Å²) >= 11 is 0. The molecule has 3 unspecified atom stereocenters. The first kappa shape index (κ1) is 14.1. The van der Waals surface area contributed by atoms with Crippen LogP contribution in [-0.4, -0.2) is 45.8 Å². The normalized spacial score (nSPS) is 27.1. The highest BCUT2D eigenvalue weighted by atomic mass is 16.4. The van der Waals surface area contributed by atoms with E-state index in [4.69, 9.17) is 5.11 Å². The maximum atomic E-state index is 11.1. The fourth-order valence-corrected chi connectivity index (χ4v) is 3.25. The number of fused-ring (bicyclic) bond motifs is 1. The van der Waals surface area contributed by atoms with E-state index in [2.05, 4.69) is 30.1 Å². The summed E-state index contributed by atoms with van der Waals surface area (Å²) in [4.78, 5) is 16.6.